The van der Waals surface area contributed by atoms with Crippen molar-refractivity contribution in [1.29, 1.82) is 0 Å². The summed E-state index contributed by atoms with van der Waals surface area (Å²) in [6, 6.07) is 0. The van der Waals surface area contributed by atoms with Crippen LogP contribution < -0.4 is 0 Å². The van der Waals surface area contributed by atoms with Crippen LogP contribution in [-0.2, 0) is 10.0 Å². The van der Waals surface area contributed by atoms with Crippen LogP contribution in [0.5, 0.6) is 0 Å². The van der Waals surface area contributed by atoms with Crippen molar-refractivity contribution >= 4 is 21.6 Å². The number of nitrogens with zero attached hydrogens (tertiary/aromatic N) is 1. The fourth-order valence-corrected chi connectivity index (χ4v) is 3.18. The molecular weight excluding hydrogens is 222 g/mol. The second kappa shape index (κ2) is 4.81. The smallest absolute Gasteiger partial charge is 0.212 e. The SMILES string of the molecule is CC(Cl)CN(C)S(=O)(=O)CC(C)(C)C. The highest BCUT2D eigenvalue weighted by Gasteiger charge is 2.25. The minimum Gasteiger partial charge on any atom is -0.212 e. The van der Waals surface area contributed by atoms with E-state index in [1.807, 2.05) is 20.8 Å². The molecule has 14 heavy (non-hydrogen) atoms. The molecule has 0 heterocycles. The Morgan fingerprint density at radius 2 is 1.79 bits per heavy atom. The van der Waals surface area contributed by atoms with Gasteiger partial charge >= 0.3 is 0 Å². The third-order valence-electron chi connectivity index (χ3n) is 1.60. The van der Waals surface area contributed by atoms with Crippen LogP contribution in [-0.4, -0.2) is 37.4 Å². The van der Waals surface area contributed by atoms with Gasteiger partial charge in [0.15, 0.2) is 0 Å². The lowest BCUT2D eigenvalue weighted by Crippen LogP contribution is -2.36. The lowest BCUT2D eigenvalue weighted by molar-refractivity contribution is 0.422. The van der Waals surface area contributed by atoms with Crippen LogP contribution in [0.25, 0.3) is 0 Å². The van der Waals surface area contributed by atoms with Gasteiger partial charge in [0, 0.05) is 19.0 Å². The van der Waals surface area contributed by atoms with Gasteiger partial charge in [0.1, 0.15) is 0 Å². The van der Waals surface area contributed by atoms with Gasteiger partial charge in [0.05, 0.1) is 5.75 Å². The summed E-state index contributed by atoms with van der Waals surface area (Å²) in [5.74, 6) is 0.153. The Balaban J connectivity index is 4.48. The van der Waals surface area contributed by atoms with Gasteiger partial charge in [-0.3, -0.25) is 0 Å². The minimum absolute atomic E-state index is 0.153. The maximum atomic E-state index is 11.7. The zero-order valence-corrected chi connectivity index (χ0v) is 11.1. The van der Waals surface area contributed by atoms with E-state index in [-0.39, 0.29) is 16.5 Å². The number of halogens is 1. The predicted octanol–water partition coefficient (Wildman–Crippen LogP) is 1.92. The standard InChI is InChI=1S/C9H20ClNO2S/c1-8(10)6-11(5)14(12,13)7-9(2,3)4/h8H,6-7H2,1-5H3. The molecule has 0 saturated heterocycles. The van der Waals surface area contributed by atoms with Gasteiger partial charge < -0.3 is 0 Å². The number of alkyl halides is 1. The fourth-order valence-electron chi connectivity index (χ4n) is 1.13. The molecule has 1 unspecified atom stereocenters. The van der Waals surface area contributed by atoms with Gasteiger partial charge in [-0.1, -0.05) is 20.8 Å². The zero-order valence-electron chi connectivity index (χ0n) is 9.54. The molecule has 0 spiro atoms. The molecule has 1 atom stereocenters. The average Bonchev–Trinajstić information content (AvgIpc) is 1.78. The monoisotopic (exact) mass is 241 g/mol. The summed E-state index contributed by atoms with van der Waals surface area (Å²) in [6.45, 7) is 7.86. The third-order valence-corrected chi connectivity index (χ3v) is 4.07. The van der Waals surface area contributed by atoms with Crippen molar-refractivity contribution in [3.63, 3.8) is 0 Å². The van der Waals surface area contributed by atoms with E-state index in [1.54, 1.807) is 14.0 Å². The number of rotatable bonds is 4. The van der Waals surface area contributed by atoms with Crippen molar-refractivity contribution in [3.8, 4) is 0 Å². The molecule has 0 aromatic carbocycles. The summed E-state index contributed by atoms with van der Waals surface area (Å²) in [4.78, 5) is 0. The number of hydrogen-bond donors (Lipinski definition) is 0. The Morgan fingerprint density at radius 1 is 1.36 bits per heavy atom. The van der Waals surface area contributed by atoms with Crippen LogP contribution in [0, 0.1) is 5.41 Å². The van der Waals surface area contributed by atoms with E-state index in [0.717, 1.165) is 0 Å². The molecule has 86 valence electrons. The van der Waals surface area contributed by atoms with E-state index >= 15 is 0 Å². The molecule has 5 heteroatoms. The topological polar surface area (TPSA) is 37.4 Å². The van der Waals surface area contributed by atoms with E-state index < -0.39 is 10.0 Å². The quantitative estimate of drug-likeness (QED) is 0.706. The largest absolute Gasteiger partial charge is 0.214 e. The highest BCUT2D eigenvalue weighted by atomic mass is 35.5. The van der Waals surface area contributed by atoms with Crippen molar-refractivity contribution in [2.24, 2.45) is 5.41 Å². The van der Waals surface area contributed by atoms with Gasteiger partial charge in [-0.2, -0.15) is 0 Å². The molecule has 0 bridgehead atoms. The molecule has 0 N–H and O–H groups in total. The summed E-state index contributed by atoms with van der Waals surface area (Å²) in [5.41, 5.74) is -0.220. The Kier molecular flexibility index (Phi) is 4.88. The first-order valence-electron chi connectivity index (χ1n) is 4.63. The lowest BCUT2D eigenvalue weighted by atomic mass is 10.0. The lowest BCUT2D eigenvalue weighted by Gasteiger charge is -2.24. The molecule has 0 aliphatic heterocycles. The highest BCUT2D eigenvalue weighted by Crippen LogP contribution is 2.18. The molecule has 0 aliphatic carbocycles. The summed E-state index contributed by atoms with van der Waals surface area (Å²) < 4.78 is 24.8. The number of hydrogen-bond acceptors (Lipinski definition) is 2. The second-order valence-electron chi connectivity index (χ2n) is 4.88. The van der Waals surface area contributed by atoms with Gasteiger partial charge in [-0.15, -0.1) is 11.6 Å². The van der Waals surface area contributed by atoms with Crippen molar-refractivity contribution in [2.45, 2.75) is 33.1 Å². The van der Waals surface area contributed by atoms with Gasteiger partial charge in [-0.25, -0.2) is 12.7 Å². The highest BCUT2D eigenvalue weighted by molar-refractivity contribution is 7.89. The molecule has 0 rings (SSSR count). The number of sulfonamides is 1. The Morgan fingerprint density at radius 3 is 2.07 bits per heavy atom. The fraction of sp³-hybridized carbons (Fsp3) is 1.00. The molecule has 0 saturated carbocycles. The van der Waals surface area contributed by atoms with E-state index in [9.17, 15) is 8.42 Å². The molecule has 0 aromatic rings. The zero-order chi connectivity index (χ0) is 11.6. The summed E-state index contributed by atoms with van der Waals surface area (Å²) >= 11 is 5.74. The summed E-state index contributed by atoms with van der Waals surface area (Å²) in [6.07, 6.45) is 0. The summed E-state index contributed by atoms with van der Waals surface area (Å²) in [5, 5.41) is -0.158. The van der Waals surface area contributed by atoms with Crippen molar-refractivity contribution in [1.82, 2.24) is 4.31 Å². The van der Waals surface area contributed by atoms with Crippen molar-refractivity contribution in [2.75, 3.05) is 19.3 Å². The maximum Gasteiger partial charge on any atom is 0.214 e. The van der Waals surface area contributed by atoms with Gasteiger partial charge in [0.25, 0.3) is 0 Å². The Hall–Kier alpha value is 0.200. The van der Waals surface area contributed by atoms with E-state index in [0.29, 0.717) is 6.54 Å². The molecule has 0 amide bonds. The molecular formula is C9H20ClNO2S. The van der Waals surface area contributed by atoms with Gasteiger partial charge in [-0.05, 0) is 12.3 Å². The van der Waals surface area contributed by atoms with Crippen molar-refractivity contribution in [3.05, 3.63) is 0 Å². The van der Waals surface area contributed by atoms with Crippen LogP contribution in [0.15, 0.2) is 0 Å². The first kappa shape index (κ1) is 14.2. The van der Waals surface area contributed by atoms with Crippen molar-refractivity contribution < 1.29 is 8.42 Å². The van der Waals surface area contributed by atoms with E-state index in [2.05, 4.69) is 0 Å². The molecule has 0 radical (unpaired) electrons. The average molecular weight is 242 g/mol. The van der Waals surface area contributed by atoms with Crippen LogP contribution in [0.1, 0.15) is 27.7 Å². The minimum atomic E-state index is -3.16. The van der Waals surface area contributed by atoms with Crippen LogP contribution in [0.4, 0.5) is 0 Å². The van der Waals surface area contributed by atoms with E-state index in [1.165, 1.54) is 4.31 Å². The normalized spacial score (nSPS) is 15.9. The second-order valence-corrected chi connectivity index (χ2v) is 7.70. The van der Waals surface area contributed by atoms with Crippen LogP contribution in [0.2, 0.25) is 0 Å². The van der Waals surface area contributed by atoms with Gasteiger partial charge in [0.2, 0.25) is 10.0 Å². The summed E-state index contributed by atoms with van der Waals surface area (Å²) in [7, 11) is -1.59. The van der Waals surface area contributed by atoms with Crippen LogP contribution >= 0.6 is 11.6 Å². The Labute approximate surface area is 92.5 Å². The molecule has 0 aromatic heterocycles. The molecule has 0 fully saturated rings. The third kappa shape index (κ3) is 5.83. The van der Waals surface area contributed by atoms with Crippen LogP contribution in [0.3, 0.4) is 0 Å². The first-order chi connectivity index (χ1) is 6.04. The maximum absolute atomic E-state index is 11.7. The Bertz CT molecular complexity index is 267. The van der Waals surface area contributed by atoms with E-state index in [4.69, 9.17) is 11.6 Å². The molecule has 3 nitrogen and oxygen atoms in total. The first-order valence-corrected chi connectivity index (χ1v) is 6.67. The molecule has 0 aliphatic rings. The predicted molar refractivity (Wildman–Crippen MR) is 61.2 cm³/mol.